The van der Waals surface area contributed by atoms with E-state index in [1.165, 1.54) is 16.4 Å². The third-order valence-corrected chi connectivity index (χ3v) is 4.88. The summed E-state index contributed by atoms with van der Waals surface area (Å²) in [5.74, 6) is -0.443. The van der Waals surface area contributed by atoms with Gasteiger partial charge in [-0.25, -0.2) is 12.8 Å². The van der Waals surface area contributed by atoms with Gasteiger partial charge < -0.3 is 0 Å². The van der Waals surface area contributed by atoms with Crippen LogP contribution in [-0.4, -0.2) is 24.8 Å². The minimum atomic E-state index is -3.51. The van der Waals surface area contributed by atoms with E-state index in [9.17, 15) is 12.8 Å². The standard InChI is InChI=1S/C11H13FNO2S/c1-8-7-9(2)13(8)16(14,15)11-5-3-10(12)4-6-11/h3-6,8-9H,1,7H2,2H3. The van der Waals surface area contributed by atoms with Crippen molar-refractivity contribution in [1.29, 1.82) is 0 Å². The first-order chi connectivity index (χ1) is 7.43. The van der Waals surface area contributed by atoms with Crippen molar-refractivity contribution in [1.82, 2.24) is 4.31 Å². The predicted molar refractivity (Wildman–Crippen MR) is 58.6 cm³/mol. The van der Waals surface area contributed by atoms with Crippen molar-refractivity contribution in [2.75, 3.05) is 0 Å². The topological polar surface area (TPSA) is 37.4 Å². The van der Waals surface area contributed by atoms with Crippen molar-refractivity contribution < 1.29 is 12.8 Å². The molecular formula is C11H13FNO2S. The van der Waals surface area contributed by atoms with E-state index >= 15 is 0 Å². The Bertz CT molecular complexity index is 475. The Morgan fingerprint density at radius 3 is 2.38 bits per heavy atom. The SMILES string of the molecule is [CH2]C1CC(C)N1S(=O)(=O)c1ccc(F)cc1. The minimum Gasteiger partial charge on any atom is -0.207 e. The molecule has 1 aromatic carbocycles. The molecule has 1 radical (unpaired) electrons. The molecule has 3 nitrogen and oxygen atoms in total. The Kier molecular flexibility index (Phi) is 2.75. The molecule has 0 aromatic heterocycles. The first-order valence-electron chi connectivity index (χ1n) is 5.05. The summed E-state index contributed by atoms with van der Waals surface area (Å²) < 4.78 is 38.3. The van der Waals surface area contributed by atoms with E-state index < -0.39 is 15.8 Å². The zero-order chi connectivity index (χ0) is 11.9. The van der Waals surface area contributed by atoms with Gasteiger partial charge in [-0.15, -0.1) is 0 Å². The van der Waals surface area contributed by atoms with Crippen LogP contribution in [0.15, 0.2) is 29.2 Å². The molecule has 2 atom stereocenters. The van der Waals surface area contributed by atoms with Crippen molar-refractivity contribution in [3.05, 3.63) is 37.0 Å². The Hall–Kier alpha value is -0.940. The van der Waals surface area contributed by atoms with Gasteiger partial charge in [0, 0.05) is 12.1 Å². The van der Waals surface area contributed by atoms with E-state index in [2.05, 4.69) is 6.92 Å². The molecule has 5 heteroatoms. The van der Waals surface area contributed by atoms with E-state index in [1.54, 1.807) is 0 Å². The Balaban J connectivity index is 2.36. The number of halogens is 1. The average Bonchev–Trinajstić information content (AvgIpc) is 2.16. The van der Waals surface area contributed by atoms with Gasteiger partial charge in [-0.3, -0.25) is 0 Å². The van der Waals surface area contributed by atoms with Crippen LogP contribution in [0.5, 0.6) is 0 Å². The molecule has 0 bridgehead atoms. The lowest BCUT2D eigenvalue weighted by Crippen LogP contribution is -2.55. The Morgan fingerprint density at radius 1 is 1.38 bits per heavy atom. The van der Waals surface area contributed by atoms with Crippen LogP contribution in [-0.2, 0) is 10.0 Å². The molecule has 1 saturated heterocycles. The first-order valence-corrected chi connectivity index (χ1v) is 6.49. The van der Waals surface area contributed by atoms with E-state index in [0.717, 1.165) is 18.6 Å². The van der Waals surface area contributed by atoms with Crippen molar-refractivity contribution in [3.63, 3.8) is 0 Å². The van der Waals surface area contributed by atoms with Crippen LogP contribution in [0.4, 0.5) is 4.39 Å². The second-order valence-electron chi connectivity index (χ2n) is 4.03. The van der Waals surface area contributed by atoms with Crippen molar-refractivity contribution >= 4 is 10.0 Å². The summed E-state index contributed by atoms with van der Waals surface area (Å²) in [6, 6.07) is 4.61. The van der Waals surface area contributed by atoms with Gasteiger partial charge in [-0.05, 0) is 44.5 Å². The largest absolute Gasteiger partial charge is 0.243 e. The average molecular weight is 242 g/mol. The summed E-state index contributed by atoms with van der Waals surface area (Å²) in [4.78, 5) is 0.120. The quantitative estimate of drug-likeness (QED) is 0.793. The summed E-state index contributed by atoms with van der Waals surface area (Å²) in [6.45, 7) is 5.59. The Morgan fingerprint density at radius 2 is 1.94 bits per heavy atom. The third kappa shape index (κ3) is 1.74. The van der Waals surface area contributed by atoms with Crippen LogP contribution in [0.3, 0.4) is 0 Å². The highest BCUT2D eigenvalue weighted by Gasteiger charge is 2.41. The molecule has 1 aliphatic heterocycles. The number of benzene rings is 1. The second-order valence-corrected chi connectivity index (χ2v) is 5.87. The van der Waals surface area contributed by atoms with E-state index in [0.29, 0.717) is 0 Å². The fraction of sp³-hybridized carbons (Fsp3) is 0.364. The molecule has 0 saturated carbocycles. The van der Waals surface area contributed by atoms with Gasteiger partial charge in [0.1, 0.15) is 5.82 Å². The molecule has 2 unspecified atom stereocenters. The molecular weight excluding hydrogens is 229 g/mol. The molecule has 1 aromatic rings. The molecule has 0 spiro atoms. The predicted octanol–water partition coefficient (Wildman–Crippen LogP) is 1.81. The molecule has 0 amide bonds. The summed E-state index contributed by atoms with van der Waals surface area (Å²) >= 11 is 0. The van der Waals surface area contributed by atoms with Crippen LogP contribution < -0.4 is 0 Å². The number of rotatable bonds is 2. The van der Waals surface area contributed by atoms with Gasteiger partial charge in [0.15, 0.2) is 0 Å². The molecule has 2 rings (SSSR count). The highest BCUT2D eigenvalue weighted by molar-refractivity contribution is 7.89. The minimum absolute atomic E-state index is 0.0300. The van der Waals surface area contributed by atoms with Gasteiger partial charge in [0.25, 0.3) is 0 Å². The molecule has 0 N–H and O–H groups in total. The molecule has 0 aliphatic carbocycles. The third-order valence-electron chi connectivity index (χ3n) is 2.80. The normalized spacial score (nSPS) is 26.4. The van der Waals surface area contributed by atoms with Gasteiger partial charge >= 0.3 is 0 Å². The van der Waals surface area contributed by atoms with Crippen molar-refractivity contribution in [2.24, 2.45) is 0 Å². The lowest BCUT2D eigenvalue weighted by molar-refractivity contribution is 0.158. The fourth-order valence-electron chi connectivity index (χ4n) is 1.98. The van der Waals surface area contributed by atoms with Crippen LogP contribution in [0.2, 0.25) is 0 Å². The summed E-state index contributed by atoms with van der Waals surface area (Å²) in [5, 5.41) is 0. The van der Waals surface area contributed by atoms with Crippen molar-refractivity contribution in [3.8, 4) is 0 Å². The maximum Gasteiger partial charge on any atom is 0.243 e. The van der Waals surface area contributed by atoms with Crippen LogP contribution >= 0.6 is 0 Å². The lowest BCUT2D eigenvalue weighted by atomic mass is 10.0. The van der Waals surface area contributed by atoms with Gasteiger partial charge in [0.2, 0.25) is 10.0 Å². The van der Waals surface area contributed by atoms with Gasteiger partial charge in [0.05, 0.1) is 4.90 Å². The maximum atomic E-state index is 12.7. The molecule has 1 fully saturated rings. The summed E-state index contributed by atoms with van der Waals surface area (Å²) in [7, 11) is -3.51. The van der Waals surface area contributed by atoms with Crippen LogP contribution in [0.1, 0.15) is 13.3 Å². The van der Waals surface area contributed by atoms with E-state index in [-0.39, 0.29) is 17.0 Å². The highest BCUT2D eigenvalue weighted by Crippen LogP contribution is 2.31. The number of sulfonamides is 1. The zero-order valence-electron chi connectivity index (χ0n) is 8.93. The van der Waals surface area contributed by atoms with Gasteiger partial charge in [-0.1, -0.05) is 0 Å². The van der Waals surface area contributed by atoms with E-state index in [4.69, 9.17) is 0 Å². The molecule has 1 aliphatic rings. The van der Waals surface area contributed by atoms with Crippen molar-refractivity contribution in [2.45, 2.75) is 30.3 Å². The fourth-order valence-corrected chi connectivity index (χ4v) is 3.75. The summed E-state index contributed by atoms with van der Waals surface area (Å²) in [6.07, 6.45) is 0.764. The number of hydrogen-bond donors (Lipinski definition) is 0. The lowest BCUT2D eigenvalue weighted by Gasteiger charge is -2.43. The number of hydrogen-bond acceptors (Lipinski definition) is 2. The maximum absolute atomic E-state index is 12.7. The Labute approximate surface area is 94.9 Å². The zero-order valence-corrected chi connectivity index (χ0v) is 9.74. The monoisotopic (exact) mass is 242 g/mol. The number of nitrogens with zero attached hydrogens (tertiary/aromatic N) is 1. The van der Waals surface area contributed by atoms with Crippen LogP contribution in [0.25, 0.3) is 0 Å². The molecule has 87 valence electrons. The first kappa shape index (κ1) is 11.5. The molecule has 16 heavy (non-hydrogen) atoms. The second kappa shape index (κ2) is 3.82. The summed E-state index contributed by atoms with van der Waals surface area (Å²) in [5.41, 5.74) is 0. The molecule has 1 heterocycles. The smallest absolute Gasteiger partial charge is 0.207 e. The van der Waals surface area contributed by atoms with Gasteiger partial charge in [-0.2, -0.15) is 4.31 Å². The highest BCUT2D eigenvalue weighted by atomic mass is 32.2. The van der Waals surface area contributed by atoms with E-state index in [1.807, 2.05) is 6.92 Å². The van der Waals surface area contributed by atoms with Crippen LogP contribution in [0, 0.1) is 12.7 Å².